The Bertz CT molecular complexity index is 2730. The summed E-state index contributed by atoms with van der Waals surface area (Å²) in [5.74, 6) is 2.05. The van der Waals surface area contributed by atoms with E-state index in [1.807, 2.05) is 99.5 Å². The maximum Gasteiger partial charge on any atom is 0.261 e. The predicted molar refractivity (Wildman–Crippen MR) is 261 cm³/mol. The van der Waals surface area contributed by atoms with Gasteiger partial charge in [-0.1, -0.05) is 36.4 Å². The molecule has 0 aromatic heterocycles. The molecule has 13 heteroatoms. The van der Waals surface area contributed by atoms with Crippen molar-refractivity contribution in [1.82, 2.24) is 0 Å². The number of hydrogen-bond acceptors (Lipinski definition) is 11. The Labute approximate surface area is 393 Å². The van der Waals surface area contributed by atoms with Crippen LogP contribution < -0.4 is 38.8 Å². The summed E-state index contributed by atoms with van der Waals surface area (Å²) in [7, 11) is 4.88. The number of Topliss-reactive ketones (excluding diaryl/α,β-unsaturated/α-hetero) is 1. The smallest absolute Gasteiger partial charge is 0.261 e. The molecule has 8 rings (SSSR count). The highest BCUT2D eigenvalue weighted by atomic mass is 16.5. The lowest BCUT2D eigenvalue weighted by atomic mass is 10.0. The van der Waals surface area contributed by atoms with Gasteiger partial charge >= 0.3 is 0 Å². The van der Waals surface area contributed by atoms with Gasteiger partial charge in [-0.25, -0.2) is 0 Å². The highest BCUT2D eigenvalue weighted by Gasteiger charge is 2.37. The zero-order valence-corrected chi connectivity index (χ0v) is 39.9. The largest absolute Gasteiger partial charge is 0.493 e. The summed E-state index contributed by atoms with van der Waals surface area (Å²) in [5.41, 5.74) is 6.33. The van der Waals surface area contributed by atoms with E-state index in [2.05, 4.69) is 18.3 Å². The standard InChI is InChI=1S/C54H60N4O9/c1-33-20-37-14-10-12-16-45(37)57(33)51(60)41-25-47(62-8)49(27-43(41)55-7)64-31-35-21-36(23-40(22-35)67-53(3,4)18-19-66-54(5,6)29-34(2)59)32-65-50-28-44-42(26-48(50)63-9)52(61)58-39(30-56-44)24-38-15-11-13-17-46(38)58/h10-17,21-23,25-28,30,33,39,55H,18-20,24,29,31-32H2,1-9H3/t33-,39+/m1/s1. The van der Waals surface area contributed by atoms with Gasteiger partial charge in [0.15, 0.2) is 23.0 Å². The molecule has 2 atom stereocenters. The van der Waals surface area contributed by atoms with Crippen molar-refractivity contribution in [2.45, 2.75) is 104 Å². The Morgan fingerprint density at radius 3 is 2.06 bits per heavy atom. The Morgan fingerprint density at radius 1 is 0.776 bits per heavy atom. The van der Waals surface area contributed by atoms with E-state index in [1.165, 1.54) is 0 Å². The van der Waals surface area contributed by atoms with Crippen LogP contribution in [0.15, 0.2) is 96.0 Å². The fourth-order valence-electron chi connectivity index (χ4n) is 9.28. The molecule has 5 aromatic carbocycles. The van der Waals surface area contributed by atoms with E-state index in [9.17, 15) is 14.4 Å². The van der Waals surface area contributed by atoms with Gasteiger partial charge in [0.05, 0.1) is 55.0 Å². The lowest BCUT2D eigenvalue weighted by molar-refractivity contribution is -0.123. The van der Waals surface area contributed by atoms with E-state index in [0.29, 0.717) is 77.1 Å². The van der Waals surface area contributed by atoms with E-state index in [1.54, 1.807) is 57.4 Å². The summed E-state index contributed by atoms with van der Waals surface area (Å²) in [5, 5.41) is 3.20. The molecule has 5 aromatic rings. The van der Waals surface area contributed by atoms with Gasteiger partial charge in [0, 0.05) is 62.1 Å². The maximum absolute atomic E-state index is 14.2. The molecule has 3 heterocycles. The van der Waals surface area contributed by atoms with Gasteiger partial charge in [0.2, 0.25) is 0 Å². The summed E-state index contributed by atoms with van der Waals surface area (Å²) in [6.07, 6.45) is 4.16. The normalized spacial score (nSPS) is 16.1. The first kappa shape index (κ1) is 46.7. The van der Waals surface area contributed by atoms with Crippen molar-refractivity contribution in [2.24, 2.45) is 4.99 Å². The Hall–Kier alpha value is -6.86. The van der Waals surface area contributed by atoms with Gasteiger partial charge in [-0.05, 0) is 113 Å². The molecule has 0 radical (unpaired) electrons. The van der Waals surface area contributed by atoms with Crippen LogP contribution in [0.5, 0.6) is 28.7 Å². The van der Waals surface area contributed by atoms with Crippen LogP contribution in [0.25, 0.3) is 0 Å². The minimum atomic E-state index is -0.663. The van der Waals surface area contributed by atoms with Crippen LogP contribution in [0.3, 0.4) is 0 Å². The number of benzene rings is 5. The van der Waals surface area contributed by atoms with Crippen molar-refractivity contribution < 1.29 is 42.8 Å². The molecule has 3 aliphatic heterocycles. The number of rotatable bonds is 18. The van der Waals surface area contributed by atoms with E-state index in [4.69, 9.17) is 33.4 Å². The topological polar surface area (TPSA) is 137 Å². The van der Waals surface area contributed by atoms with Crippen molar-refractivity contribution in [3.63, 3.8) is 0 Å². The molecular weight excluding hydrogens is 849 g/mol. The average molecular weight is 909 g/mol. The van der Waals surface area contributed by atoms with E-state index < -0.39 is 11.2 Å². The third-order valence-corrected chi connectivity index (χ3v) is 12.4. The number of nitrogens with one attached hydrogen (secondary N) is 1. The molecule has 0 saturated carbocycles. The van der Waals surface area contributed by atoms with Gasteiger partial charge in [-0.3, -0.25) is 24.3 Å². The molecule has 1 N–H and O–H groups in total. The molecule has 13 nitrogen and oxygen atoms in total. The minimum absolute atomic E-state index is 0.00691. The SMILES string of the molecule is CNc1cc(OCc2cc(COc3cc4c(cc3OC)C(=O)N3c5ccccc5C[C@H]3C=N4)cc(OC(C)(C)CCOC(C)(C)CC(C)=O)c2)c(OC)cc1C(=O)N1c2ccccc2C[C@H]1C. The summed E-state index contributed by atoms with van der Waals surface area (Å²) < 4.78 is 37.4. The second-order valence-corrected chi connectivity index (χ2v) is 18.7. The molecule has 3 aliphatic rings. The van der Waals surface area contributed by atoms with Gasteiger partial charge in [-0.15, -0.1) is 0 Å². The van der Waals surface area contributed by atoms with Gasteiger partial charge in [0.25, 0.3) is 11.8 Å². The highest BCUT2D eigenvalue weighted by molar-refractivity contribution is 6.15. The zero-order chi connectivity index (χ0) is 47.6. The Balaban J connectivity index is 1.05. The molecular formula is C54H60N4O9. The van der Waals surface area contributed by atoms with E-state index in [0.717, 1.165) is 40.0 Å². The van der Waals surface area contributed by atoms with Crippen LogP contribution in [0, 0.1) is 0 Å². The van der Waals surface area contributed by atoms with Crippen molar-refractivity contribution >= 4 is 46.6 Å². The van der Waals surface area contributed by atoms with Crippen LogP contribution in [0.4, 0.5) is 22.7 Å². The number of methoxy groups -OCH3 is 2. The minimum Gasteiger partial charge on any atom is -0.493 e. The highest BCUT2D eigenvalue weighted by Crippen LogP contribution is 2.42. The molecule has 0 bridgehead atoms. The fourth-order valence-corrected chi connectivity index (χ4v) is 9.28. The number of anilines is 3. The summed E-state index contributed by atoms with van der Waals surface area (Å²) in [6, 6.07) is 28.5. The summed E-state index contributed by atoms with van der Waals surface area (Å²) in [4.78, 5) is 48.5. The lowest BCUT2D eigenvalue weighted by Gasteiger charge is -2.30. The second-order valence-electron chi connectivity index (χ2n) is 18.7. The van der Waals surface area contributed by atoms with Gasteiger partial charge < -0.3 is 38.6 Å². The third kappa shape index (κ3) is 10.1. The molecule has 0 unspecified atom stereocenters. The first-order chi connectivity index (χ1) is 32.1. The number of ether oxygens (including phenoxy) is 6. The molecule has 350 valence electrons. The van der Waals surface area contributed by atoms with Gasteiger partial charge in [-0.2, -0.15) is 0 Å². The third-order valence-electron chi connectivity index (χ3n) is 12.4. The van der Waals surface area contributed by atoms with Crippen molar-refractivity contribution in [3.8, 4) is 28.7 Å². The van der Waals surface area contributed by atoms with Crippen molar-refractivity contribution in [1.29, 1.82) is 0 Å². The fraction of sp³-hybridized carbons (Fsp3) is 0.370. The average Bonchev–Trinajstić information content (AvgIpc) is 3.80. The quantitative estimate of drug-likeness (QED) is 0.0905. The molecule has 0 fully saturated rings. The number of amides is 2. The number of carbonyl (C=O) groups is 3. The summed E-state index contributed by atoms with van der Waals surface area (Å²) >= 11 is 0. The predicted octanol–water partition coefficient (Wildman–Crippen LogP) is 10.1. The molecule has 2 amide bonds. The number of ketones is 1. The molecule has 0 aliphatic carbocycles. The van der Waals surface area contributed by atoms with Crippen LogP contribution in [0.1, 0.15) is 97.4 Å². The monoisotopic (exact) mass is 908 g/mol. The number of para-hydroxylation sites is 2. The van der Waals surface area contributed by atoms with Crippen LogP contribution in [-0.4, -0.2) is 75.0 Å². The first-order valence-corrected chi connectivity index (χ1v) is 22.8. The number of fused-ring (bicyclic) bond motifs is 5. The van der Waals surface area contributed by atoms with Gasteiger partial charge in [0.1, 0.15) is 30.3 Å². The second kappa shape index (κ2) is 19.2. The Morgan fingerprint density at radius 2 is 1.40 bits per heavy atom. The van der Waals surface area contributed by atoms with Crippen LogP contribution in [0.2, 0.25) is 0 Å². The number of carbonyl (C=O) groups excluding carboxylic acids is 3. The van der Waals surface area contributed by atoms with Crippen LogP contribution >= 0.6 is 0 Å². The molecule has 67 heavy (non-hydrogen) atoms. The summed E-state index contributed by atoms with van der Waals surface area (Å²) in [6.45, 7) is 12.1. The first-order valence-electron chi connectivity index (χ1n) is 22.8. The maximum atomic E-state index is 14.2. The number of hydrogen-bond donors (Lipinski definition) is 1. The lowest BCUT2D eigenvalue weighted by Crippen LogP contribution is -2.37. The number of aliphatic imine (C=N–C) groups is 1. The zero-order valence-electron chi connectivity index (χ0n) is 39.9. The number of nitrogens with zero attached hydrogens (tertiary/aromatic N) is 3. The Kier molecular flexibility index (Phi) is 13.3. The van der Waals surface area contributed by atoms with Crippen LogP contribution in [-0.2, 0) is 35.6 Å². The van der Waals surface area contributed by atoms with E-state index >= 15 is 0 Å². The van der Waals surface area contributed by atoms with Crippen molar-refractivity contribution in [2.75, 3.05) is 43.0 Å². The molecule has 0 spiro atoms. The van der Waals surface area contributed by atoms with E-state index in [-0.39, 0.29) is 42.9 Å². The van der Waals surface area contributed by atoms with Crippen molar-refractivity contribution in [3.05, 3.63) is 124 Å². The molecule has 0 saturated heterocycles.